The zero-order valence-electron chi connectivity index (χ0n) is 9.81. The fourth-order valence-corrected chi connectivity index (χ4v) is 2.54. The third kappa shape index (κ3) is 3.00. The van der Waals surface area contributed by atoms with Crippen molar-refractivity contribution in [3.8, 4) is 11.1 Å². The van der Waals surface area contributed by atoms with E-state index in [2.05, 4.69) is 0 Å². The molecule has 1 aromatic heterocycles. The van der Waals surface area contributed by atoms with Crippen LogP contribution in [0.5, 0.6) is 0 Å². The van der Waals surface area contributed by atoms with Gasteiger partial charge in [0.1, 0.15) is 0 Å². The summed E-state index contributed by atoms with van der Waals surface area (Å²) in [7, 11) is 0. The number of nitrogens with two attached hydrogens (primary N) is 1. The third-order valence-corrected chi connectivity index (χ3v) is 3.68. The van der Waals surface area contributed by atoms with Gasteiger partial charge in [0.25, 0.3) is 0 Å². The first-order valence-corrected chi connectivity index (χ1v) is 6.64. The molecule has 1 aromatic carbocycles. The Balaban J connectivity index is 2.28. The molecule has 0 unspecified atom stereocenters. The number of thiophene rings is 1. The highest BCUT2D eigenvalue weighted by Crippen LogP contribution is 2.27. The Morgan fingerprint density at radius 1 is 1.28 bits per heavy atom. The van der Waals surface area contributed by atoms with E-state index >= 15 is 0 Å². The summed E-state index contributed by atoms with van der Waals surface area (Å²) in [6.45, 7) is 1.71. The summed E-state index contributed by atoms with van der Waals surface area (Å²) in [5.41, 5.74) is 7.97. The van der Waals surface area contributed by atoms with Crippen LogP contribution >= 0.6 is 22.9 Å². The van der Waals surface area contributed by atoms with Crippen LogP contribution in [0, 0.1) is 0 Å². The number of rotatable bonds is 3. The summed E-state index contributed by atoms with van der Waals surface area (Å²) >= 11 is 7.43. The number of carbonyl (C=O) groups excluding carboxylic acids is 1. The van der Waals surface area contributed by atoms with Gasteiger partial charge < -0.3 is 5.73 Å². The van der Waals surface area contributed by atoms with Crippen molar-refractivity contribution in [3.63, 3.8) is 0 Å². The van der Waals surface area contributed by atoms with Crippen molar-refractivity contribution in [2.24, 2.45) is 5.73 Å². The van der Waals surface area contributed by atoms with Crippen molar-refractivity contribution in [3.05, 3.63) is 51.2 Å². The van der Waals surface area contributed by atoms with Crippen LogP contribution in [0.4, 0.5) is 0 Å². The molecule has 0 saturated heterocycles. The van der Waals surface area contributed by atoms with E-state index in [9.17, 15) is 4.79 Å². The van der Waals surface area contributed by atoms with Gasteiger partial charge in [-0.2, -0.15) is 0 Å². The maximum Gasteiger partial charge on any atom is 0.244 e. The quantitative estimate of drug-likeness (QED) is 0.848. The van der Waals surface area contributed by atoms with Crippen molar-refractivity contribution in [1.82, 2.24) is 0 Å². The fraction of sp³-hybridized carbons (Fsp3) is 0.0714. The van der Waals surface area contributed by atoms with Gasteiger partial charge >= 0.3 is 0 Å². The lowest BCUT2D eigenvalue weighted by Gasteiger charge is -1.96. The lowest BCUT2D eigenvalue weighted by molar-refractivity contribution is -0.114. The van der Waals surface area contributed by atoms with Crippen molar-refractivity contribution >= 4 is 34.9 Å². The Morgan fingerprint density at radius 3 is 2.56 bits per heavy atom. The summed E-state index contributed by atoms with van der Waals surface area (Å²) < 4.78 is 0. The van der Waals surface area contributed by atoms with E-state index in [1.165, 1.54) is 0 Å². The molecule has 92 valence electrons. The SMILES string of the molecule is C/C(=C\c1cc(-c2ccc(Cl)cc2)cs1)C(N)=O. The second-order valence-corrected chi connectivity index (χ2v) is 5.32. The molecule has 18 heavy (non-hydrogen) atoms. The molecular weight excluding hydrogens is 266 g/mol. The average molecular weight is 278 g/mol. The van der Waals surface area contributed by atoms with E-state index in [-0.39, 0.29) is 0 Å². The van der Waals surface area contributed by atoms with Gasteiger partial charge in [-0.25, -0.2) is 0 Å². The number of benzene rings is 1. The molecule has 0 atom stereocenters. The predicted molar refractivity (Wildman–Crippen MR) is 77.6 cm³/mol. The summed E-state index contributed by atoms with van der Waals surface area (Å²) in [5, 5.41) is 2.77. The Kier molecular flexibility index (Phi) is 3.84. The number of carbonyl (C=O) groups is 1. The van der Waals surface area contributed by atoms with E-state index in [1.54, 1.807) is 24.3 Å². The number of hydrogen-bond donors (Lipinski definition) is 1. The molecule has 4 heteroatoms. The van der Waals surface area contributed by atoms with Crippen molar-refractivity contribution < 1.29 is 4.79 Å². The highest BCUT2D eigenvalue weighted by atomic mass is 35.5. The zero-order chi connectivity index (χ0) is 13.1. The van der Waals surface area contributed by atoms with E-state index in [4.69, 9.17) is 17.3 Å². The van der Waals surface area contributed by atoms with E-state index < -0.39 is 5.91 Å². The molecule has 2 nitrogen and oxygen atoms in total. The minimum Gasteiger partial charge on any atom is -0.366 e. The van der Waals surface area contributed by atoms with Crippen LogP contribution in [0.1, 0.15) is 11.8 Å². The molecule has 2 aromatic rings. The maximum atomic E-state index is 11.0. The van der Waals surface area contributed by atoms with E-state index in [0.717, 1.165) is 21.0 Å². The third-order valence-electron chi connectivity index (χ3n) is 2.54. The molecule has 0 fully saturated rings. The van der Waals surface area contributed by atoms with Gasteiger partial charge in [-0.3, -0.25) is 4.79 Å². The normalized spacial score (nSPS) is 11.6. The van der Waals surface area contributed by atoms with Crippen LogP contribution in [0.3, 0.4) is 0 Å². The van der Waals surface area contributed by atoms with Crippen molar-refractivity contribution in [1.29, 1.82) is 0 Å². The van der Waals surface area contributed by atoms with Crippen molar-refractivity contribution in [2.75, 3.05) is 0 Å². The van der Waals surface area contributed by atoms with E-state index in [0.29, 0.717) is 5.57 Å². The molecule has 1 heterocycles. The number of amides is 1. The number of primary amides is 1. The summed E-state index contributed by atoms with van der Waals surface area (Å²) in [4.78, 5) is 12.0. The van der Waals surface area contributed by atoms with Gasteiger partial charge in [0.05, 0.1) is 0 Å². The lowest BCUT2D eigenvalue weighted by atomic mass is 10.1. The second kappa shape index (κ2) is 5.38. The number of halogens is 1. The summed E-state index contributed by atoms with van der Waals surface area (Å²) in [6, 6.07) is 9.69. The predicted octanol–water partition coefficient (Wildman–Crippen LogP) is 3.96. The Labute approximate surface area is 115 Å². The highest BCUT2D eigenvalue weighted by Gasteiger charge is 2.03. The lowest BCUT2D eigenvalue weighted by Crippen LogP contribution is -2.11. The minimum absolute atomic E-state index is 0.392. The summed E-state index contributed by atoms with van der Waals surface area (Å²) in [6.07, 6.45) is 1.80. The van der Waals surface area contributed by atoms with Crippen LogP contribution in [0.15, 0.2) is 41.3 Å². The molecular formula is C14H12ClNOS. The molecule has 0 spiro atoms. The van der Waals surface area contributed by atoms with E-state index in [1.807, 2.05) is 35.7 Å². The molecule has 0 radical (unpaired) electrons. The first-order chi connectivity index (χ1) is 8.56. The van der Waals surface area contributed by atoms with Crippen LogP contribution in [0.2, 0.25) is 5.02 Å². The average Bonchev–Trinajstić information content (AvgIpc) is 2.78. The first kappa shape index (κ1) is 12.9. The van der Waals surface area contributed by atoms with Gasteiger partial charge in [-0.05, 0) is 47.7 Å². The highest BCUT2D eigenvalue weighted by molar-refractivity contribution is 7.11. The topological polar surface area (TPSA) is 43.1 Å². The van der Waals surface area contributed by atoms with Gasteiger partial charge in [0.2, 0.25) is 5.91 Å². The fourth-order valence-electron chi connectivity index (χ4n) is 1.51. The molecule has 2 rings (SSSR count). The van der Waals surface area contributed by atoms with Gasteiger partial charge in [0, 0.05) is 15.5 Å². The standard InChI is InChI=1S/C14H12ClNOS/c1-9(14(16)17)6-13-7-11(8-18-13)10-2-4-12(15)5-3-10/h2-8H,1H3,(H2,16,17)/b9-6+. The largest absolute Gasteiger partial charge is 0.366 e. The van der Waals surface area contributed by atoms with Crippen LogP contribution in [-0.2, 0) is 4.79 Å². The zero-order valence-corrected chi connectivity index (χ0v) is 11.4. The van der Waals surface area contributed by atoms with Crippen molar-refractivity contribution in [2.45, 2.75) is 6.92 Å². The molecule has 0 saturated carbocycles. The minimum atomic E-state index is -0.392. The first-order valence-electron chi connectivity index (χ1n) is 5.39. The summed E-state index contributed by atoms with van der Waals surface area (Å²) in [5.74, 6) is -0.392. The monoisotopic (exact) mass is 277 g/mol. The Hall–Kier alpha value is -1.58. The van der Waals surface area contributed by atoms with Gasteiger partial charge in [-0.15, -0.1) is 11.3 Å². The maximum absolute atomic E-state index is 11.0. The molecule has 0 aliphatic heterocycles. The Bertz CT molecular complexity index is 599. The molecule has 0 aliphatic carbocycles. The molecule has 0 bridgehead atoms. The van der Waals surface area contributed by atoms with Crippen LogP contribution in [0.25, 0.3) is 17.2 Å². The molecule has 0 aliphatic rings. The molecule has 2 N–H and O–H groups in total. The number of hydrogen-bond acceptors (Lipinski definition) is 2. The second-order valence-electron chi connectivity index (χ2n) is 3.94. The van der Waals surface area contributed by atoms with Gasteiger partial charge in [0.15, 0.2) is 0 Å². The van der Waals surface area contributed by atoms with Crippen LogP contribution < -0.4 is 5.73 Å². The van der Waals surface area contributed by atoms with Gasteiger partial charge in [-0.1, -0.05) is 23.7 Å². The smallest absolute Gasteiger partial charge is 0.244 e. The Morgan fingerprint density at radius 2 is 1.94 bits per heavy atom. The van der Waals surface area contributed by atoms with Crippen LogP contribution in [-0.4, -0.2) is 5.91 Å². The molecule has 1 amide bonds.